The summed E-state index contributed by atoms with van der Waals surface area (Å²) in [4.78, 5) is 22.1. The quantitative estimate of drug-likeness (QED) is 0.772. The summed E-state index contributed by atoms with van der Waals surface area (Å²) in [6.07, 6.45) is 0. The van der Waals surface area contributed by atoms with Crippen molar-refractivity contribution in [1.29, 1.82) is 0 Å². The fourth-order valence-electron chi connectivity index (χ4n) is 1.38. The Hall–Kier alpha value is -1.41. The molecule has 1 rings (SSSR count). The van der Waals surface area contributed by atoms with E-state index >= 15 is 0 Å². The fraction of sp³-hybridized carbons (Fsp3) is 0.333. The molecular weight excluding hydrogens is 350 g/mol. The number of hydrogen-bond donors (Lipinski definition) is 2. The molecule has 110 valence electrons. The molecule has 0 saturated heterocycles. The van der Waals surface area contributed by atoms with Gasteiger partial charge in [-0.3, -0.25) is 9.59 Å². The van der Waals surface area contributed by atoms with Crippen LogP contribution in [0.4, 0.5) is 5.69 Å². The average Bonchev–Trinajstić information content (AvgIpc) is 2.38. The van der Waals surface area contributed by atoms with E-state index in [0.29, 0.717) is 21.7 Å². The summed E-state index contributed by atoms with van der Waals surface area (Å²) >= 11 is 4.34. The number of thioether (sulfide) groups is 1. The molecule has 2 N–H and O–H groups in total. The maximum absolute atomic E-state index is 11.7. The first-order chi connectivity index (χ1) is 9.47. The minimum Gasteiger partial charge on any atom is -0.495 e. The highest BCUT2D eigenvalue weighted by molar-refractivity contribution is 9.10. The van der Waals surface area contributed by atoms with Crippen LogP contribution in [0, 0.1) is 0 Å². The van der Waals surface area contributed by atoms with Gasteiger partial charge in [0, 0.05) is 6.07 Å². The number of carbonyl (C=O) groups is 2. The third-order valence-corrected chi connectivity index (χ3v) is 3.74. The molecule has 20 heavy (non-hydrogen) atoms. The lowest BCUT2D eigenvalue weighted by Crippen LogP contribution is -2.16. The van der Waals surface area contributed by atoms with Crippen LogP contribution in [-0.4, -0.2) is 42.7 Å². The SMILES string of the molecule is COc1cc(OC)c(NC(=O)CSCC(=O)O)cc1Br. The Morgan fingerprint density at radius 2 is 1.90 bits per heavy atom. The van der Waals surface area contributed by atoms with Gasteiger partial charge < -0.3 is 19.9 Å². The van der Waals surface area contributed by atoms with Crippen LogP contribution in [0.15, 0.2) is 16.6 Å². The number of benzene rings is 1. The van der Waals surface area contributed by atoms with Gasteiger partial charge >= 0.3 is 5.97 Å². The normalized spacial score (nSPS) is 9.95. The summed E-state index contributed by atoms with van der Waals surface area (Å²) in [5, 5.41) is 11.2. The lowest BCUT2D eigenvalue weighted by molar-refractivity contribution is -0.133. The average molecular weight is 364 g/mol. The van der Waals surface area contributed by atoms with Crippen LogP contribution in [0.25, 0.3) is 0 Å². The van der Waals surface area contributed by atoms with Crippen LogP contribution in [0.2, 0.25) is 0 Å². The standard InChI is InChI=1S/C12H14BrNO5S/c1-18-9-4-10(19-2)8(3-7(9)13)14-11(15)5-20-6-12(16)17/h3-4H,5-6H2,1-2H3,(H,14,15)(H,16,17). The van der Waals surface area contributed by atoms with Gasteiger partial charge in [-0.15, -0.1) is 11.8 Å². The molecule has 0 radical (unpaired) electrons. The molecule has 0 bridgehead atoms. The summed E-state index contributed by atoms with van der Waals surface area (Å²) in [5.41, 5.74) is 0.487. The van der Waals surface area contributed by atoms with E-state index in [-0.39, 0.29) is 17.4 Å². The molecule has 0 saturated carbocycles. The third kappa shape index (κ3) is 4.93. The third-order valence-electron chi connectivity index (χ3n) is 2.21. The van der Waals surface area contributed by atoms with Crippen molar-refractivity contribution in [2.24, 2.45) is 0 Å². The van der Waals surface area contributed by atoms with Crippen molar-refractivity contribution in [2.75, 3.05) is 31.0 Å². The number of carboxylic acid groups (broad SMARTS) is 1. The first-order valence-corrected chi connectivity index (χ1v) is 7.43. The number of hydrogen-bond acceptors (Lipinski definition) is 5. The Bertz CT molecular complexity index is 509. The van der Waals surface area contributed by atoms with Crippen molar-refractivity contribution in [3.63, 3.8) is 0 Å². The Balaban J connectivity index is 2.73. The monoisotopic (exact) mass is 363 g/mol. The zero-order valence-corrected chi connectivity index (χ0v) is 13.3. The van der Waals surface area contributed by atoms with Crippen LogP contribution in [-0.2, 0) is 9.59 Å². The molecule has 0 unspecified atom stereocenters. The number of aliphatic carboxylic acids is 1. The number of carbonyl (C=O) groups excluding carboxylic acids is 1. The first-order valence-electron chi connectivity index (χ1n) is 5.48. The van der Waals surface area contributed by atoms with Gasteiger partial charge in [-0.1, -0.05) is 0 Å². The molecule has 8 heteroatoms. The highest BCUT2D eigenvalue weighted by atomic mass is 79.9. The number of carboxylic acids is 1. The van der Waals surface area contributed by atoms with Gasteiger partial charge in [0.05, 0.1) is 35.9 Å². The molecule has 1 aromatic rings. The molecule has 1 amide bonds. The molecule has 0 aliphatic rings. The number of amides is 1. The fourth-order valence-corrected chi connectivity index (χ4v) is 2.41. The minimum absolute atomic E-state index is 0.0547. The molecule has 0 atom stereocenters. The lowest BCUT2D eigenvalue weighted by Gasteiger charge is -2.13. The highest BCUT2D eigenvalue weighted by Gasteiger charge is 2.12. The summed E-state index contributed by atoms with van der Waals surface area (Å²) in [7, 11) is 3.01. The zero-order chi connectivity index (χ0) is 15.1. The molecule has 6 nitrogen and oxygen atoms in total. The minimum atomic E-state index is -0.951. The van der Waals surface area contributed by atoms with Crippen LogP contribution >= 0.6 is 27.7 Å². The van der Waals surface area contributed by atoms with Gasteiger partial charge in [0.1, 0.15) is 11.5 Å². The molecule has 0 fully saturated rings. The number of ether oxygens (including phenoxy) is 2. The van der Waals surface area contributed by atoms with E-state index in [9.17, 15) is 9.59 Å². The summed E-state index contributed by atoms with van der Waals surface area (Å²) in [5.74, 6) is -0.267. The van der Waals surface area contributed by atoms with E-state index in [0.717, 1.165) is 11.8 Å². The van der Waals surface area contributed by atoms with E-state index in [1.807, 2.05) is 0 Å². The van der Waals surface area contributed by atoms with E-state index in [4.69, 9.17) is 14.6 Å². The topological polar surface area (TPSA) is 84.9 Å². The molecule has 1 aromatic carbocycles. The predicted octanol–water partition coefficient (Wildman–Crippen LogP) is 2.22. The van der Waals surface area contributed by atoms with Crippen molar-refractivity contribution in [2.45, 2.75) is 0 Å². The Morgan fingerprint density at radius 3 is 2.45 bits per heavy atom. The van der Waals surface area contributed by atoms with Gasteiger partial charge in [0.15, 0.2) is 0 Å². The molecule has 0 aliphatic heterocycles. The summed E-state index contributed by atoms with van der Waals surface area (Å²) < 4.78 is 11.0. The second-order valence-corrected chi connectivity index (χ2v) is 5.46. The number of rotatable bonds is 7. The van der Waals surface area contributed by atoms with Crippen molar-refractivity contribution < 1.29 is 24.2 Å². The van der Waals surface area contributed by atoms with E-state index in [1.54, 1.807) is 12.1 Å². The van der Waals surface area contributed by atoms with E-state index in [1.165, 1.54) is 14.2 Å². The van der Waals surface area contributed by atoms with Gasteiger partial charge in [-0.05, 0) is 22.0 Å². The maximum atomic E-state index is 11.7. The van der Waals surface area contributed by atoms with E-state index < -0.39 is 5.97 Å². The van der Waals surface area contributed by atoms with Crippen molar-refractivity contribution in [1.82, 2.24) is 0 Å². The van der Waals surface area contributed by atoms with Gasteiger partial charge in [0.2, 0.25) is 5.91 Å². The second-order valence-electron chi connectivity index (χ2n) is 3.62. The van der Waals surface area contributed by atoms with E-state index in [2.05, 4.69) is 21.2 Å². The smallest absolute Gasteiger partial charge is 0.313 e. The molecule has 0 spiro atoms. The molecular formula is C12H14BrNO5S. The number of methoxy groups -OCH3 is 2. The Labute approximate surface area is 129 Å². The van der Waals surface area contributed by atoms with Crippen LogP contribution < -0.4 is 14.8 Å². The zero-order valence-electron chi connectivity index (χ0n) is 10.9. The van der Waals surface area contributed by atoms with Crippen LogP contribution in [0.5, 0.6) is 11.5 Å². The largest absolute Gasteiger partial charge is 0.495 e. The number of nitrogens with one attached hydrogen (secondary N) is 1. The lowest BCUT2D eigenvalue weighted by atomic mass is 10.2. The van der Waals surface area contributed by atoms with Crippen LogP contribution in [0.1, 0.15) is 0 Å². The number of halogens is 1. The van der Waals surface area contributed by atoms with Crippen molar-refractivity contribution in [3.05, 3.63) is 16.6 Å². The maximum Gasteiger partial charge on any atom is 0.313 e. The Morgan fingerprint density at radius 1 is 1.25 bits per heavy atom. The van der Waals surface area contributed by atoms with Crippen molar-refractivity contribution >= 4 is 45.3 Å². The Kier molecular flexibility index (Phi) is 6.66. The second kappa shape index (κ2) is 8.01. The van der Waals surface area contributed by atoms with Gasteiger partial charge in [-0.25, -0.2) is 0 Å². The summed E-state index contributed by atoms with van der Waals surface area (Å²) in [6, 6.07) is 3.31. The molecule has 0 heterocycles. The van der Waals surface area contributed by atoms with Crippen molar-refractivity contribution in [3.8, 4) is 11.5 Å². The first kappa shape index (κ1) is 16.6. The summed E-state index contributed by atoms with van der Waals surface area (Å²) in [6.45, 7) is 0. The molecule has 0 aliphatic carbocycles. The predicted molar refractivity (Wildman–Crippen MR) is 80.8 cm³/mol. The highest BCUT2D eigenvalue weighted by Crippen LogP contribution is 2.36. The van der Waals surface area contributed by atoms with Gasteiger partial charge in [-0.2, -0.15) is 0 Å². The number of anilines is 1. The van der Waals surface area contributed by atoms with Crippen LogP contribution in [0.3, 0.4) is 0 Å². The van der Waals surface area contributed by atoms with Gasteiger partial charge in [0.25, 0.3) is 0 Å². The molecule has 0 aromatic heterocycles.